The monoisotopic (exact) mass is 223 g/mol. The second kappa shape index (κ2) is 5.69. The van der Waals surface area contributed by atoms with Crippen molar-refractivity contribution in [3.05, 3.63) is 24.5 Å². The molecule has 0 saturated heterocycles. The van der Waals surface area contributed by atoms with Gasteiger partial charge in [-0.1, -0.05) is 0 Å². The number of hydrogen-bond donors (Lipinski definition) is 1. The summed E-state index contributed by atoms with van der Waals surface area (Å²) >= 11 is 0. The van der Waals surface area contributed by atoms with E-state index in [1.807, 2.05) is 0 Å². The van der Waals surface area contributed by atoms with Gasteiger partial charge in [-0.05, 0) is 12.1 Å². The van der Waals surface area contributed by atoms with Crippen LogP contribution in [0, 0.1) is 0 Å². The highest BCUT2D eigenvalue weighted by Gasteiger charge is 2.12. The highest BCUT2D eigenvalue weighted by Crippen LogP contribution is 2.02. The van der Waals surface area contributed by atoms with E-state index in [9.17, 15) is 9.59 Å². The zero-order chi connectivity index (χ0) is 12.0. The molecule has 1 N–H and O–H groups in total. The van der Waals surface area contributed by atoms with Crippen molar-refractivity contribution in [1.82, 2.24) is 9.88 Å². The number of rotatable bonds is 3. The number of nitrogens with zero attached hydrogens (tertiary/aromatic N) is 2. The summed E-state index contributed by atoms with van der Waals surface area (Å²) < 4.78 is 4.46. The molecule has 2 amide bonds. The first-order valence-electron chi connectivity index (χ1n) is 4.62. The maximum atomic E-state index is 11.5. The normalized spacial score (nSPS) is 9.38. The number of pyridine rings is 1. The third-order valence-electron chi connectivity index (χ3n) is 1.81. The fourth-order valence-corrected chi connectivity index (χ4v) is 1.07. The van der Waals surface area contributed by atoms with Crippen LogP contribution in [0.15, 0.2) is 24.5 Å². The van der Waals surface area contributed by atoms with Crippen molar-refractivity contribution in [3.63, 3.8) is 0 Å². The minimum absolute atomic E-state index is 0.0679. The van der Waals surface area contributed by atoms with Gasteiger partial charge in [-0.25, -0.2) is 4.79 Å². The van der Waals surface area contributed by atoms with E-state index in [-0.39, 0.29) is 12.5 Å². The van der Waals surface area contributed by atoms with Gasteiger partial charge in [-0.15, -0.1) is 0 Å². The molecule has 0 saturated carbocycles. The van der Waals surface area contributed by atoms with Gasteiger partial charge in [0.25, 0.3) is 0 Å². The first-order chi connectivity index (χ1) is 7.63. The van der Waals surface area contributed by atoms with Crippen LogP contribution in [0.25, 0.3) is 0 Å². The Morgan fingerprint density at radius 1 is 1.56 bits per heavy atom. The molecule has 6 nitrogen and oxygen atoms in total. The van der Waals surface area contributed by atoms with Gasteiger partial charge in [-0.3, -0.25) is 9.78 Å². The first kappa shape index (κ1) is 12.0. The number of amides is 2. The van der Waals surface area contributed by atoms with Crippen LogP contribution in [0.3, 0.4) is 0 Å². The average molecular weight is 223 g/mol. The summed E-state index contributed by atoms with van der Waals surface area (Å²) in [6.07, 6.45) is 2.58. The highest BCUT2D eigenvalue weighted by atomic mass is 16.5. The Hall–Kier alpha value is -2.11. The first-order valence-corrected chi connectivity index (χ1v) is 4.62. The minimum Gasteiger partial charge on any atom is -0.453 e. The highest BCUT2D eigenvalue weighted by molar-refractivity contribution is 5.93. The van der Waals surface area contributed by atoms with E-state index < -0.39 is 6.09 Å². The average Bonchev–Trinajstić information content (AvgIpc) is 2.29. The molecule has 1 aromatic heterocycles. The van der Waals surface area contributed by atoms with Crippen molar-refractivity contribution in [2.45, 2.75) is 0 Å². The lowest BCUT2D eigenvalue weighted by Crippen LogP contribution is -2.34. The van der Waals surface area contributed by atoms with Gasteiger partial charge in [0.2, 0.25) is 5.91 Å². The molecule has 0 aliphatic heterocycles. The van der Waals surface area contributed by atoms with Gasteiger partial charge >= 0.3 is 6.09 Å². The summed E-state index contributed by atoms with van der Waals surface area (Å²) in [5.41, 5.74) is 0.589. The Kier molecular flexibility index (Phi) is 4.26. The molecule has 0 radical (unpaired) electrons. The molecule has 0 aromatic carbocycles. The summed E-state index contributed by atoms with van der Waals surface area (Å²) in [6, 6.07) is 3.42. The number of nitrogens with one attached hydrogen (secondary N) is 1. The summed E-state index contributed by atoms with van der Waals surface area (Å²) in [4.78, 5) is 27.5. The molecule has 16 heavy (non-hydrogen) atoms. The third-order valence-corrected chi connectivity index (χ3v) is 1.81. The second-order valence-corrected chi connectivity index (χ2v) is 3.12. The molecular formula is C10H13N3O3. The second-order valence-electron chi connectivity index (χ2n) is 3.12. The van der Waals surface area contributed by atoms with Crippen molar-refractivity contribution >= 4 is 17.7 Å². The van der Waals surface area contributed by atoms with Crippen LogP contribution in [0.5, 0.6) is 0 Å². The van der Waals surface area contributed by atoms with Gasteiger partial charge in [0, 0.05) is 13.2 Å². The van der Waals surface area contributed by atoms with E-state index >= 15 is 0 Å². The zero-order valence-corrected chi connectivity index (χ0v) is 9.14. The molecule has 0 aliphatic carbocycles. The third kappa shape index (κ3) is 3.56. The summed E-state index contributed by atoms with van der Waals surface area (Å²) in [7, 11) is 2.74. The Bertz CT molecular complexity index is 367. The van der Waals surface area contributed by atoms with Crippen LogP contribution in [-0.2, 0) is 9.53 Å². The molecule has 1 heterocycles. The molecule has 1 aromatic rings. The van der Waals surface area contributed by atoms with Crippen molar-refractivity contribution < 1.29 is 14.3 Å². The molecule has 86 valence electrons. The van der Waals surface area contributed by atoms with Gasteiger partial charge in [0.05, 0.1) is 19.0 Å². The van der Waals surface area contributed by atoms with Crippen LogP contribution in [0.4, 0.5) is 10.5 Å². The maximum Gasteiger partial charge on any atom is 0.409 e. The Balaban J connectivity index is 2.45. The number of carbonyl (C=O) groups is 2. The Morgan fingerprint density at radius 3 is 2.88 bits per heavy atom. The molecule has 1 rings (SSSR count). The van der Waals surface area contributed by atoms with Gasteiger partial charge < -0.3 is 15.0 Å². The molecule has 0 unspecified atom stereocenters. The predicted molar refractivity (Wildman–Crippen MR) is 57.9 cm³/mol. The lowest BCUT2D eigenvalue weighted by molar-refractivity contribution is -0.116. The predicted octanol–water partition coefficient (Wildman–Crippen LogP) is 0.718. The van der Waals surface area contributed by atoms with Crippen molar-refractivity contribution in [1.29, 1.82) is 0 Å². The minimum atomic E-state index is -0.554. The molecule has 6 heteroatoms. The smallest absolute Gasteiger partial charge is 0.409 e. The van der Waals surface area contributed by atoms with Crippen molar-refractivity contribution in [2.24, 2.45) is 0 Å². The largest absolute Gasteiger partial charge is 0.453 e. The number of hydrogen-bond acceptors (Lipinski definition) is 4. The maximum absolute atomic E-state index is 11.5. The number of methoxy groups -OCH3 is 1. The quantitative estimate of drug-likeness (QED) is 0.819. The molecular weight excluding hydrogens is 210 g/mol. The number of ether oxygens (including phenoxy) is 1. The van der Waals surface area contributed by atoms with Crippen LogP contribution < -0.4 is 5.32 Å². The summed E-state index contributed by atoms with van der Waals surface area (Å²) in [5.74, 6) is -0.305. The van der Waals surface area contributed by atoms with E-state index in [0.29, 0.717) is 5.69 Å². The molecule has 0 bridgehead atoms. The Labute approximate surface area is 93.2 Å². The van der Waals surface area contributed by atoms with Crippen molar-refractivity contribution in [2.75, 3.05) is 26.0 Å². The number of aromatic nitrogens is 1. The fraction of sp³-hybridized carbons (Fsp3) is 0.300. The van der Waals surface area contributed by atoms with Gasteiger partial charge in [0.15, 0.2) is 0 Å². The standard InChI is InChI=1S/C10H13N3O3/c1-13(10(15)16-2)7-9(14)12-8-4-3-5-11-6-8/h3-6H,7H2,1-2H3,(H,12,14). The number of likely N-dealkylation sites (N-methyl/N-ethyl adjacent to an activating group) is 1. The van der Waals surface area contributed by atoms with Crippen LogP contribution in [-0.4, -0.2) is 42.6 Å². The molecule has 0 aliphatic rings. The summed E-state index contributed by atoms with van der Waals surface area (Å²) in [6.45, 7) is -0.0679. The number of carbonyl (C=O) groups excluding carboxylic acids is 2. The van der Waals surface area contributed by atoms with E-state index in [2.05, 4.69) is 15.0 Å². The lowest BCUT2D eigenvalue weighted by atomic mass is 10.4. The SMILES string of the molecule is COC(=O)N(C)CC(=O)Nc1cccnc1. The van der Waals surface area contributed by atoms with E-state index in [0.717, 1.165) is 0 Å². The van der Waals surface area contributed by atoms with Crippen molar-refractivity contribution in [3.8, 4) is 0 Å². The number of anilines is 1. The molecule has 0 spiro atoms. The van der Waals surface area contributed by atoms with Gasteiger partial charge in [0.1, 0.15) is 6.54 Å². The van der Waals surface area contributed by atoms with E-state index in [1.165, 1.54) is 25.3 Å². The van der Waals surface area contributed by atoms with Gasteiger partial charge in [-0.2, -0.15) is 0 Å². The summed E-state index contributed by atoms with van der Waals surface area (Å²) in [5, 5.41) is 2.60. The lowest BCUT2D eigenvalue weighted by Gasteiger charge is -2.14. The van der Waals surface area contributed by atoms with E-state index in [4.69, 9.17) is 0 Å². The van der Waals surface area contributed by atoms with Crippen LogP contribution >= 0.6 is 0 Å². The van der Waals surface area contributed by atoms with E-state index in [1.54, 1.807) is 18.3 Å². The molecule has 0 fully saturated rings. The fourth-order valence-electron chi connectivity index (χ4n) is 1.07. The Morgan fingerprint density at radius 2 is 2.31 bits per heavy atom. The zero-order valence-electron chi connectivity index (χ0n) is 9.14. The molecule has 0 atom stereocenters. The topological polar surface area (TPSA) is 71.5 Å². The van der Waals surface area contributed by atoms with Crippen LogP contribution in [0.2, 0.25) is 0 Å². The van der Waals surface area contributed by atoms with Crippen LogP contribution in [0.1, 0.15) is 0 Å².